The summed E-state index contributed by atoms with van der Waals surface area (Å²) in [5.74, 6) is 0.553. The number of aryl methyl sites for hydroxylation is 1. The standard InChI is InChI=1S/C32H35N5O4/c1-22-13-15-23(16-14-22)20-36(30(38)21-37-28-12-8-7-11-26(28)34-35-37)31(24-9-5-4-6-10-24)32(39)33-27-18-17-25(40-2)19-29(27)41-3/h4-5,7-8,11-19,24,31H,6,9-10,20-21H2,1-3H3,(H,33,39)/t24-,31+/m0/s1. The number of nitrogens with zero attached hydrogens (tertiary/aromatic N) is 4. The Kier molecular flexibility index (Phi) is 8.62. The summed E-state index contributed by atoms with van der Waals surface area (Å²) in [5.41, 5.74) is 4.06. The van der Waals surface area contributed by atoms with Gasteiger partial charge in [-0.1, -0.05) is 59.3 Å². The van der Waals surface area contributed by atoms with Crippen LogP contribution in [0.2, 0.25) is 0 Å². The molecule has 3 aromatic carbocycles. The van der Waals surface area contributed by atoms with Gasteiger partial charge in [0.2, 0.25) is 11.8 Å². The van der Waals surface area contributed by atoms with Gasteiger partial charge in [-0.2, -0.15) is 0 Å². The molecule has 0 saturated carbocycles. The number of amides is 2. The minimum absolute atomic E-state index is 0.0371. The van der Waals surface area contributed by atoms with Crippen LogP contribution in [0.15, 0.2) is 78.9 Å². The molecule has 41 heavy (non-hydrogen) atoms. The monoisotopic (exact) mass is 553 g/mol. The maximum absolute atomic E-state index is 14.2. The van der Waals surface area contributed by atoms with Crippen molar-refractivity contribution in [2.45, 2.75) is 45.3 Å². The number of para-hydroxylation sites is 1. The number of hydrogen-bond acceptors (Lipinski definition) is 6. The van der Waals surface area contributed by atoms with Crippen molar-refractivity contribution in [2.75, 3.05) is 19.5 Å². The molecule has 1 N–H and O–H groups in total. The van der Waals surface area contributed by atoms with Crippen LogP contribution in [-0.2, 0) is 22.7 Å². The number of methoxy groups -OCH3 is 2. The highest BCUT2D eigenvalue weighted by molar-refractivity contribution is 5.98. The second kappa shape index (κ2) is 12.7. The smallest absolute Gasteiger partial charge is 0.247 e. The zero-order valence-corrected chi connectivity index (χ0v) is 23.6. The predicted molar refractivity (Wildman–Crippen MR) is 158 cm³/mol. The lowest BCUT2D eigenvalue weighted by atomic mass is 9.85. The number of anilines is 1. The lowest BCUT2D eigenvalue weighted by Crippen LogP contribution is -2.52. The van der Waals surface area contributed by atoms with Crippen LogP contribution < -0.4 is 14.8 Å². The third-order valence-electron chi connectivity index (χ3n) is 7.53. The molecule has 9 heteroatoms. The Balaban J connectivity index is 1.51. The molecule has 212 valence electrons. The van der Waals surface area contributed by atoms with Gasteiger partial charge in [-0.25, -0.2) is 4.68 Å². The summed E-state index contributed by atoms with van der Waals surface area (Å²) < 4.78 is 12.5. The summed E-state index contributed by atoms with van der Waals surface area (Å²) in [6.45, 7) is 2.27. The quantitative estimate of drug-likeness (QED) is 0.273. The van der Waals surface area contributed by atoms with Crippen molar-refractivity contribution in [1.82, 2.24) is 19.9 Å². The van der Waals surface area contributed by atoms with Gasteiger partial charge < -0.3 is 19.7 Å². The van der Waals surface area contributed by atoms with E-state index < -0.39 is 6.04 Å². The minimum Gasteiger partial charge on any atom is -0.497 e. The third kappa shape index (κ3) is 6.40. The Labute approximate surface area is 239 Å². The zero-order chi connectivity index (χ0) is 28.8. The molecule has 1 aliphatic rings. The highest BCUT2D eigenvalue weighted by atomic mass is 16.5. The molecule has 1 aliphatic carbocycles. The molecule has 2 amide bonds. The Morgan fingerprint density at radius 1 is 1.05 bits per heavy atom. The Morgan fingerprint density at radius 3 is 2.59 bits per heavy atom. The number of hydrogen-bond donors (Lipinski definition) is 1. The number of nitrogens with one attached hydrogen (secondary N) is 1. The van der Waals surface area contributed by atoms with E-state index in [1.165, 1.54) is 0 Å². The first-order chi connectivity index (χ1) is 20.0. The van der Waals surface area contributed by atoms with Gasteiger partial charge in [-0.3, -0.25) is 9.59 Å². The molecule has 0 saturated heterocycles. The average Bonchev–Trinajstić information content (AvgIpc) is 3.41. The molecule has 0 aliphatic heterocycles. The van der Waals surface area contributed by atoms with Crippen molar-refractivity contribution < 1.29 is 19.1 Å². The Morgan fingerprint density at radius 2 is 1.85 bits per heavy atom. The molecule has 0 fully saturated rings. The fourth-order valence-corrected chi connectivity index (χ4v) is 5.31. The van der Waals surface area contributed by atoms with Crippen molar-refractivity contribution in [3.05, 3.63) is 90.0 Å². The van der Waals surface area contributed by atoms with E-state index in [1.807, 2.05) is 55.5 Å². The number of allylic oxidation sites excluding steroid dienone is 2. The number of fused-ring (bicyclic) bond motifs is 1. The van der Waals surface area contributed by atoms with Crippen molar-refractivity contribution >= 4 is 28.5 Å². The van der Waals surface area contributed by atoms with Gasteiger partial charge in [-0.15, -0.1) is 5.10 Å². The fourth-order valence-electron chi connectivity index (χ4n) is 5.31. The van der Waals surface area contributed by atoms with Crippen LogP contribution in [0, 0.1) is 12.8 Å². The summed E-state index contributed by atoms with van der Waals surface area (Å²) in [6.07, 6.45) is 6.56. The van der Waals surface area contributed by atoms with E-state index in [-0.39, 0.29) is 30.8 Å². The van der Waals surface area contributed by atoms with E-state index in [4.69, 9.17) is 9.47 Å². The van der Waals surface area contributed by atoms with Gasteiger partial charge in [-0.05, 0) is 61.9 Å². The van der Waals surface area contributed by atoms with Crippen molar-refractivity contribution in [3.63, 3.8) is 0 Å². The van der Waals surface area contributed by atoms with E-state index in [0.717, 1.165) is 29.5 Å². The molecule has 1 heterocycles. The van der Waals surface area contributed by atoms with E-state index >= 15 is 0 Å². The summed E-state index contributed by atoms with van der Waals surface area (Å²) in [7, 11) is 3.12. The first-order valence-corrected chi connectivity index (χ1v) is 13.8. The van der Waals surface area contributed by atoms with Crippen molar-refractivity contribution in [2.24, 2.45) is 5.92 Å². The number of carbonyl (C=O) groups is 2. The largest absolute Gasteiger partial charge is 0.497 e. The van der Waals surface area contributed by atoms with Gasteiger partial charge in [0.1, 0.15) is 29.6 Å². The number of benzene rings is 3. The molecule has 2 atom stereocenters. The van der Waals surface area contributed by atoms with Gasteiger partial charge in [0.05, 0.1) is 25.4 Å². The average molecular weight is 554 g/mol. The molecule has 0 radical (unpaired) electrons. The summed E-state index contributed by atoms with van der Waals surface area (Å²) in [4.78, 5) is 30.1. The molecule has 9 nitrogen and oxygen atoms in total. The SMILES string of the molecule is COc1ccc(NC(=O)[C@@H]([C@H]2CC=CCC2)N(Cc2ccc(C)cc2)C(=O)Cn2nnc3ccccc32)c(OC)c1. The molecular weight excluding hydrogens is 518 g/mol. The molecule has 0 spiro atoms. The van der Waals surface area contributed by atoms with Crippen LogP contribution in [0.25, 0.3) is 11.0 Å². The van der Waals surface area contributed by atoms with Crippen LogP contribution in [-0.4, -0.2) is 52.0 Å². The first kappa shape index (κ1) is 27.9. The van der Waals surface area contributed by atoms with E-state index in [9.17, 15) is 9.59 Å². The number of ether oxygens (including phenoxy) is 2. The van der Waals surface area contributed by atoms with Gasteiger partial charge in [0, 0.05) is 12.6 Å². The Hall–Kier alpha value is -4.66. The second-order valence-electron chi connectivity index (χ2n) is 10.3. The van der Waals surface area contributed by atoms with Gasteiger partial charge >= 0.3 is 0 Å². The van der Waals surface area contributed by atoms with Crippen LogP contribution >= 0.6 is 0 Å². The van der Waals surface area contributed by atoms with Crippen molar-refractivity contribution in [1.29, 1.82) is 0 Å². The number of aromatic nitrogens is 3. The summed E-state index contributed by atoms with van der Waals surface area (Å²) in [6, 6.07) is 20.1. The zero-order valence-electron chi connectivity index (χ0n) is 23.6. The minimum atomic E-state index is -0.727. The molecule has 5 rings (SSSR count). The van der Waals surface area contributed by atoms with Crippen LogP contribution in [0.4, 0.5) is 5.69 Å². The second-order valence-corrected chi connectivity index (χ2v) is 10.3. The molecule has 0 bridgehead atoms. The maximum atomic E-state index is 14.2. The highest BCUT2D eigenvalue weighted by Crippen LogP contribution is 2.32. The van der Waals surface area contributed by atoms with Crippen LogP contribution in [0.5, 0.6) is 11.5 Å². The van der Waals surface area contributed by atoms with Crippen molar-refractivity contribution in [3.8, 4) is 11.5 Å². The molecule has 0 unspecified atom stereocenters. The topological polar surface area (TPSA) is 98.6 Å². The Bertz CT molecular complexity index is 1550. The normalized spacial score (nSPS) is 15.3. The van der Waals surface area contributed by atoms with E-state index in [2.05, 4.69) is 27.8 Å². The molecule has 4 aromatic rings. The summed E-state index contributed by atoms with van der Waals surface area (Å²) in [5, 5.41) is 11.5. The van der Waals surface area contributed by atoms with E-state index in [1.54, 1.807) is 42.0 Å². The first-order valence-electron chi connectivity index (χ1n) is 13.8. The maximum Gasteiger partial charge on any atom is 0.247 e. The predicted octanol–water partition coefficient (Wildman–Crippen LogP) is 5.15. The number of rotatable bonds is 10. The molecule has 1 aromatic heterocycles. The molecular formula is C32H35N5O4. The van der Waals surface area contributed by atoms with Crippen LogP contribution in [0.3, 0.4) is 0 Å². The lowest BCUT2D eigenvalue weighted by Gasteiger charge is -2.37. The lowest BCUT2D eigenvalue weighted by molar-refractivity contribution is -0.142. The van der Waals surface area contributed by atoms with Crippen LogP contribution in [0.1, 0.15) is 30.4 Å². The van der Waals surface area contributed by atoms with Gasteiger partial charge in [0.15, 0.2) is 0 Å². The third-order valence-corrected chi connectivity index (χ3v) is 7.53. The summed E-state index contributed by atoms with van der Waals surface area (Å²) >= 11 is 0. The van der Waals surface area contributed by atoms with E-state index in [0.29, 0.717) is 29.1 Å². The fraction of sp³-hybridized carbons (Fsp3) is 0.312. The van der Waals surface area contributed by atoms with Gasteiger partial charge in [0.25, 0.3) is 0 Å². The number of carbonyl (C=O) groups excluding carboxylic acids is 2. The highest BCUT2D eigenvalue weighted by Gasteiger charge is 2.37.